The van der Waals surface area contributed by atoms with Gasteiger partial charge in [-0.25, -0.2) is 0 Å². The molecule has 0 radical (unpaired) electrons. The summed E-state index contributed by atoms with van der Waals surface area (Å²) in [7, 11) is 6.43. The fourth-order valence-corrected chi connectivity index (χ4v) is 7.74. The van der Waals surface area contributed by atoms with Crippen LogP contribution in [0.2, 0.25) is 0 Å². The third-order valence-electron chi connectivity index (χ3n) is 10.1. The summed E-state index contributed by atoms with van der Waals surface area (Å²) in [4.78, 5) is 34.6. The van der Waals surface area contributed by atoms with Gasteiger partial charge in [-0.2, -0.15) is 0 Å². The number of benzene rings is 6. The van der Waals surface area contributed by atoms with E-state index in [0.717, 1.165) is 60.5 Å². The Morgan fingerprint density at radius 1 is 0.400 bits per heavy atom. The first kappa shape index (κ1) is 50.9. The number of ether oxygens (including phenoxy) is 9. The second kappa shape index (κ2) is 21.8. The van der Waals surface area contributed by atoms with E-state index in [9.17, 15) is 14.4 Å². The molecule has 0 aliphatic heterocycles. The van der Waals surface area contributed by atoms with E-state index in [-0.39, 0.29) is 28.7 Å². The maximum absolute atomic E-state index is 11.6. The van der Waals surface area contributed by atoms with Crippen LogP contribution in [0.5, 0.6) is 51.7 Å². The summed E-state index contributed by atoms with van der Waals surface area (Å²) in [5, 5.41) is 5.10. The molecule has 0 aliphatic carbocycles. The van der Waals surface area contributed by atoms with Crippen molar-refractivity contribution in [3.05, 3.63) is 89.5 Å². The van der Waals surface area contributed by atoms with Crippen LogP contribution in [0.25, 0.3) is 32.3 Å². The van der Waals surface area contributed by atoms with Gasteiger partial charge in [0.2, 0.25) is 0 Å². The predicted molar refractivity (Wildman–Crippen MR) is 256 cm³/mol. The van der Waals surface area contributed by atoms with Crippen LogP contribution in [0.15, 0.2) is 72.8 Å². The quantitative estimate of drug-likeness (QED) is 0.0905. The summed E-state index contributed by atoms with van der Waals surface area (Å²) in [5.74, 6) is 4.20. The third-order valence-corrected chi connectivity index (χ3v) is 10.1. The highest BCUT2D eigenvalue weighted by Gasteiger charge is 2.32. The number of carbonyl (C=O) groups excluding carboxylic acids is 3. The van der Waals surface area contributed by atoms with Crippen molar-refractivity contribution in [2.24, 2.45) is 0 Å². The second-order valence-electron chi connectivity index (χ2n) is 16.9. The van der Waals surface area contributed by atoms with Gasteiger partial charge in [-0.1, -0.05) is 114 Å². The highest BCUT2D eigenvalue weighted by molar-refractivity contribution is 6.01. The molecule has 0 N–H and O–H groups in total. The van der Waals surface area contributed by atoms with Crippen molar-refractivity contribution in [3.8, 4) is 51.7 Å². The molecule has 348 valence electrons. The highest BCUT2D eigenvalue weighted by atomic mass is 16.6. The summed E-state index contributed by atoms with van der Waals surface area (Å²) in [6.45, 7) is 23.3. The molecule has 12 nitrogen and oxygen atoms in total. The van der Waals surface area contributed by atoms with Gasteiger partial charge in [0.25, 0.3) is 0 Å². The number of esters is 3. The van der Waals surface area contributed by atoms with Gasteiger partial charge in [0.05, 0.1) is 41.7 Å². The Kier molecular flexibility index (Phi) is 17.1. The number of rotatable bonds is 11. The lowest BCUT2D eigenvalue weighted by Gasteiger charge is -2.27. The van der Waals surface area contributed by atoms with Crippen LogP contribution in [0.4, 0.5) is 0 Å². The van der Waals surface area contributed by atoms with E-state index in [1.54, 1.807) is 28.4 Å². The van der Waals surface area contributed by atoms with E-state index in [4.69, 9.17) is 42.6 Å². The number of hydrogen-bond donors (Lipinski definition) is 0. The van der Waals surface area contributed by atoms with Crippen LogP contribution in [0.1, 0.15) is 92.9 Å². The van der Waals surface area contributed by atoms with Crippen molar-refractivity contribution < 1.29 is 57.0 Å². The zero-order chi connectivity index (χ0) is 48.4. The fraction of sp³-hybridized carbons (Fsp3) is 0.377. The minimum Gasteiger partial charge on any atom is -0.496 e. The maximum Gasteiger partial charge on any atom is 0.308 e. The molecule has 12 heteroatoms. The summed E-state index contributed by atoms with van der Waals surface area (Å²) in [5.41, 5.74) is 2.02. The maximum atomic E-state index is 11.6. The molecule has 0 bridgehead atoms. The van der Waals surface area contributed by atoms with Crippen LogP contribution in [0.3, 0.4) is 0 Å². The molecule has 0 heterocycles. The Balaban J connectivity index is 0.000000213. The number of fused-ring (bicyclic) bond motifs is 3. The monoisotopic (exact) mass is 892 g/mol. The largest absolute Gasteiger partial charge is 0.496 e. The topological polar surface area (TPSA) is 134 Å². The van der Waals surface area contributed by atoms with Gasteiger partial charge < -0.3 is 42.6 Å². The van der Waals surface area contributed by atoms with E-state index >= 15 is 0 Å². The zero-order valence-corrected chi connectivity index (χ0v) is 40.7. The third kappa shape index (κ3) is 11.3. The Hall–Kier alpha value is -6.69. The summed E-state index contributed by atoms with van der Waals surface area (Å²) in [6.07, 6.45) is 0. The molecule has 6 rings (SSSR count). The zero-order valence-electron chi connectivity index (χ0n) is 40.7. The Labute approximate surface area is 383 Å². The summed E-state index contributed by atoms with van der Waals surface area (Å²) < 4.78 is 50.4. The SMILES string of the molecule is CCOc1c(C)c(OCC)c2ccccc2c1OC(C)=O.COc1c(C(C)(C)C)c(OC(C)=O)c2ccccc2c1OC.COc1c(C(C)(C)C)c(OC)c2ccccc2c1OC(C)=O. The van der Waals surface area contributed by atoms with Crippen LogP contribution in [-0.2, 0) is 25.2 Å². The van der Waals surface area contributed by atoms with Crippen molar-refractivity contribution in [3.63, 3.8) is 0 Å². The first-order chi connectivity index (χ1) is 30.7. The van der Waals surface area contributed by atoms with Gasteiger partial charge in [-0.15, -0.1) is 0 Å². The molecule has 0 saturated heterocycles. The van der Waals surface area contributed by atoms with Crippen LogP contribution < -0.4 is 42.6 Å². The minimum absolute atomic E-state index is 0.240. The van der Waals surface area contributed by atoms with Gasteiger partial charge in [0.15, 0.2) is 34.5 Å². The van der Waals surface area contributed by atoms with Gasteiger partial charge in [-0.3, -0.25) is 14.4 Å². The molecule has 0 aromatic heterocycles. The van der Waals surface area contributed by atoms with E-state index in [1.807, 2.05) is 114 Å². The Morgan fingerprint density at radius 3 is 1.03 bits per heavy atom. The van der Waals surface area contributed by atoms with Crippen molar-refractivity contribution in [1.82, 2.24) is 0 Å². The van der Waals surface area contributed by atoms with Crippen molar-refractivity contribution in [2.75, 3.05) is 41.7 Å². The van der Waals surface area contributed by atoms with Gasteiger partial charge >= 0.3 is 17.9 Å². The highest BCUT2D eigenvalue weighted by Crippen LogP contribution is 2.52. The standard InChI is InChI=1S/2C18H22O4.C17H20O4/c1-11(19)22-15-12-9-7-8-10-13(12)16(20-5)17(21-6)14(15)18(2,3)4;1-11(19)22-16-13-10-8-7-9-12(13)15(20-5)14(17(16)21-6)18(2,3)4;1-5-19-15-11(3)16(20-6-2)17(21-12(4)18)14-10-8-7-9-13(14)15/h2*7-10H,1-6H3;7-10H,5-6H2,1-4H3. The molecule has 0 unspecified atom stereocenters. The molecule has 65 heavy (non-hydrogen) atoms. The van der Waals surface area contributed by atoms with Crippen molar-refractivity contribution in [1.29, 1.82) is 0 Å². The normalized spacial score (nSPS) is 11.1. The molecule has 6 aromatic carbocycles. The van der Waals surface area contributed by atoms with Gasteiger partial charge in [-0.05, 0) is 31.6 Å². The van der Waals surface area contributed by atoms with Crippen molar-refractivity contribution in [2.45, 2.75) is 93.9 Å². The molecule has 6 aromatic rings. The summed E-state index contributed by atoms with van der Waals surface area (Å²) in [6, 6.07) is 23.0. The predicted octanol–water partition coefficient (Wildman–Crippen LogP) is 12.0. The van der Waals surface area contributed by atoms with Crippen LogP contribution >= 0.6 is 0 Å². The number of methoxy groups -OCH3 is 4. The van der Waals surface area contributed by atoms with Gasteiger partial charge in [0, 0.05) is 69.8 Å². The average Bonchev–Trinajstić information content (AvgIpc) is 3.25. The number of hydrogen-bond acceptors (Lipinski definition) is 12. The van der Waals surface area contributed by atoms with E-state index in [0.29, 0.717) is 53.5 Å². The van der Waals surface area contributed by atoms with E-state index in [1.165, 1.54) is 20.8 Å². The van der Waals surface area contributed by atoms with Crippen LogP contribution in [-0.4, -0.2) is 59.6 Å². The smallest absolute Gasteiger partial charge is 0.308 e. The Bertz CT molecular complexity index is 2670. The second-order valence-corrected chi connectivity index (χ2v) is 16.9. The average molecular weight is 893 g/mol. The van der Waals surface area contributed by atoms with Gasteiger partial charge in [0.1, 0.15) is 17.2 Å². The van der Waals surface area contributed by atoms with E-state index < -0.39 is 0 Å². The lowest BCUT2D eigenvalue weighted by atomic mass is 9.83. The molecular formula is C53H64O12. The lowest BCUT2D eigenvalue weighted by Crippen LogP contribution is -2.17. The molecule has 0 fully saturated rings. The molecule has 0 amide bonds. The first-order valence-electron chi connectivity index (χ1n) is 21.4. The van der Waals surface area contributed by atoms with E-state index in [2.05, 4.69) is 20.8 Å². The van der Waals surface area contributed by atoms with Crippen molar-refractivity contribution >= 4 is 50.2 Å². The molecular weight excluding hydrogens is 829 g/mol. The molecule has 0 atom stereocenters. The number of carbonyl (C=O) groups is 3. The lowest BCUT2D eigenvalue weighted by molar-refractivity contribution is -0.132. The molecule has 0 spiro atoms. The summed E-state index contributed by atoms with van der Waals surface area (Å²) >= 11 is 0. The molecule has 0 aliphatic rings. The Morgan fingerprint density at radius 2 is 0.677 bits per heavy atom. The molecule has 0 saturated carbocycles. The minimum atomic E-state index is -0.381. The first-order valence-corrected chi connectivity index (χ1v) is 21.4. The fourth-order valence-electron chi connectivity index (χ4n) is 7.74. The van der Waals surface area contributed by atoms with Crippen LogP contribution in [0, 0.1) is 6.92 Å².